The number of hydrogen-bond donors (Lipinski definition) is 0. The van der Waals surface area contributed by atoms with E-state index in [-0.39, 0.29) is 27.8 Å². The van der Waals surface area contributed by atoms with E-state index >= 15 is 0 Å². The summed E-state index contributed by atoms with van der Waals surface area (Å²) in [6.45, 7) is 0. The molecule has 0 saturated carbocycles. The van der Waals surface area contributed by atoms with Crippen LogP contribution < -0.4 is 14.5 Å². The lowest BCUT2D eigenvalue weighted by atomic mass is 10.2. The quantitative estimate of drug-likeness (QED) is 0.351. The smallest absolute Gasteiger partial charge is 0.343 e. The summed E-state index contributed by atoms with van der Waals surface area (Å²) in [6.07, 6.45) is 0. The predicted molar refractivity (Wildman–Crippen MR) is 91.5 cm³/mol. The van der Waals surface area contributed by atoms with Gasteiger partial charge in [0.1, 0.15) is 5.75 Å². The molecule has 2 aromatic carbocycles. The summed E-state index contributed by atoms with van der Waals surface area (Å²) in [5, 5.41) is 11.2. The van der Waals surface area contributed by atoms with Crippen molar-refractivity contribution in [2.45, 2.75) is 0 Å². The number of urea groups is 1. The van der Waals surface area contributed by atoms with Crippen LogP contribution in [0, 0.1) is 10.1 Å². The summed E-state index contributed by atoms with van der Waals surface area (Å²) >= 11 is 5.87. The van der Waals surface area contributed by atoms with Crippen LogP contribution in [0.2, 0.25) is 5.02 Å². The Balaban J connectivity index is 2.07. The summed E-state index contributed by atoms with van der Waals surface area (Å²) < 4.78 is 5.04. The second-order valence-electron chi connectivity index (χ2n) is 5.16. The lowest BCUT2D eigenvalue weighted by Crippen LogP contribution is -2.33. The fourth-order valence-corrected chi connectivity index (χ4v) is 2.67. The lowest BCUT2D eigenvalue weighted by Gasteiger charge is -2.17. The number of nitro benzene ring substituents is 1. The van der Waals surface area contributed by atoms with E-state index in [1.54, 1.807) is 6.07 Å². The third kappa shape index (κ3) is 2.74. The van der Waals surface area contributed by atoms with Crippen LogP contribution in [-0.2, 0) is 9.59 Å². The van der Waals surface area contributed by atoms with Crippen molar-refractivity contribution in [1.29, 1.82) is 0 Å². The summed E-state index contributed by atoms with van der Waals surface area (Å²) in [5.41, 5.74) is -0.238. The number of non-ortho nitro benzene ring substituents is 1. The minimum Gasteiger partial charge on any atom is -0.494 e. The van der Waals surface area contributed by atoms with Gasteiger partial charge >= 0.3 is 17.8 Å². The number of ether oxygens (including phenoxy) is 1. The average molecular weight is 376 g/mol. The molecule has 3 rings (SSSR count). The summed E-state index contributed by atoms with van der Waals surface area (Å²) in [4.78, 5) is 48.9. The van der Waals surface area contributed by atoms with Crippen molar-refractivity contribution >= 4 is 46.5 Å². The Bertz CT molecular complexity index is 961. The molecule has 1 fully saturated rings. The molecule has 0 bridgehead atoms. The van der Waals surface area contributed by atoms with Gasteiger partial charge in [-0.05, 0) is 24.3 Å². The highest BCUT2D eigenvalue weighted by atomic mass is 35.5. The van der Waals surface area contributed by atoms with E-state index in [1.165, 1.54) is 31.4 Å². The first-order valence-corrected chi connectivity index (χ1v) is 7.53. The number of halogens is 1. The molecule has 1 aliphatic rings. The van der Waals surface area contributed by atoms with Gasteiger partial charge < -0.3 is 4.74 Å². The molecule has 0 unspecified atom stereocenters. The largest absolute Gasteiger partial charge is 0.494 e. The zero-order chi connectivity index (χ0) is 19.0. The minimum atomic E-state index is -1.11. The Morgan fingerprint density at radius 3 is 2.35 bits per heavy atom. The van der Waals surface area contributed by atoms with Gasteiger partial charge in [0.05, 0.1) is 29.5 Å². The Morgan fingerprint density at radius 1 is 1.04 bits per heavy atom. The topological polar surface area (TPSA) is 110 Å². The van der Waals surface area contributed by atoms with E-state index < -0.39 is 22.8 Å². The van der Waals surface area contributed by atoms with Gasteiger partial charge in [0.15, 0.2) is 0 Å². The van der Waals surface area contributed by atoms with Gasteiger partial charge in [-0.2, -0.15) is 0 Å². The zero-order valence-corrected chi connectivity index (χ0v) is 14.0. The van der Waals surface area contributed by atoms with Gasteiger partial charge in [-0.15, -0.1) is 0 Å². The second kappa shape index (κ2) is 6.45. The number of rotatable bonds is 4. The summed E-state index contributed by atoms with van der Waals surface area (Å²) in [7, 11) is 1.23. The Labute approximate surface area is 151 Å². The number of carbonyl (C=O) groups excluding carboxylic acids is 3. The maximum Gasteiger partial charge on any atom is 0.343 e. The number of nitrogens with zero attached hydrogens (tertiary/aromatic N) is 3. The lowest BCUT2D eigenvalue weighted by molar-refractivity contribution is -0.384. The van der Waals surface area contributed by atoms with Crippen molar-refractivity contribution in [1.82, 2.24) is 0 Å². The monoisotopic (exact) mass is 375 g/mol. The van der Waals surface area contributed by atoms with E-state index in [1.807, 2.05) is 0 Å². The normalized spacial score (nSPS) is 14.2. The fourth-order valence-electron chi connectivity index (χ4n) is 2.48. The molecule has 1 saturated heterocycles. The maximum absolute atomic E-state index is 12.7. The highest BCUT2D eigenvalue weighted by Gasteiger charge is 2.47. The highest BCUT2D eigenvalue weighted by molar-refractivity contribution is 6.60. The number of hydrogen-bond acceptors (Lipinski definition) is 6. The second-order valence-corrected chi connectivity index (χ2v) is 5.59. The number of methoxy groups -OCH3 is 1. The van der Waals surface area contributed by atoms with Crippen LogP contribution in [-0.4, -0.2) is 29.9 Å². The molecular weight excluding hydrogens is 366 g/mol. The van der Waals surface area contributed by atoms with Crippen molar-refractivity contribution in [3.63, 3.8) is 0 Å². The van der Waals surface area contributed by atoms with E-state index in [0.29, 0.717) is 9.80 Å². The van der Waals surface area contributed by atoms with Crippen molar-refractivity contribution in [2.24, 2.45) is 0 Å². The number of benzene rings is 2. The van der Waals surface area contributed by atoms with Crippen LogP contribution in [0.15, 0.2) is 42.5 Å². The molecule has 4 amide bonds. The third-order valence-electron chi connectivity index (χ3n) is 3.65. The molecule has 1 heterocycles. The molecule has 0 N–H and O–H groups in total. The number of imide groups is 2. The highest BCUT2D eigenvalue weighted by Crippen LogP contribution is 2.36. The average Bonchev–Trinajstić information content (AvgIpc) is 2.83. The molecule has 2 aromatic rings. The maximum atomic E-state index is 12.7. The number of anilines is 2. The first kappa shape index (κ1) is 17.4. The van der Waals surface area contributed by atoms with Crippen LogP contribution in [0.4, 0.5) is 21.9 Å². The minimum absolute atomic E-state index is 0.0778. The fraction of sp³-hybridized carbons (Fsp3) is 0.0625. The standard InChI is InChI=1S/C16H10ClN3O6/c1-26-13-8-11(20(24)25)5-6-12(13)19-15(22)14(21)18(16(19)23)10-4-2-3-9(17)7-10/h2-8H,1H3. The van der Waals surface area contributed by atoms with Crippen LogP contribution in [0.25, 0.3) is 0 Å². The van der Waals surface area contributed by atoms with Gasteiger partial charge in [-0.25, -0.2) is 14.6 Å². The van der Waals surface area contributed by atoms with Crippen molar-refractivity contribution in [3.8, 4) is 5.75 Å². The van der Waals surface area contributed by atoms with Gasteiger partial charge in [-0.1, -0.05) is 17.7 Å². The Morgan fingerprint density at radius 2 is 1.73 bits per heavy atom. The molecular formula is C16H10ClN3O6. The molecule has 0 aliphatic carbocycles. The van der Waals surface area contributed by atoms with E-state index in [9.17, 15) is 24.5 Å². The van der Waals surface area contributed by atoms with Crippen molar-refractivity contribution < 1.29 is 24.0 Å². The molecule has 26 heavy (non-hydrogen) atoms. The first-order chi connectivity index (χ1) is 12.3. The summed E-state index contributed by atoms with van der Waals surface area (Å²) in [5.74, 6) is -2.28. The number of amides is 4. The molecule has 132 valence electrons. The van der Waals surface area contributed by atoms with Gasteiger partial charge in [0.25, 0.3) is 5.69 Å². The SMILES string of the molecule is COc1cc([N+](=O)[O-])ccc1N1C(=O)C(=O)N(c2cccc(Cl)c2)C1=O. The van der Waals surface area contributed by atoms with Crippen molar-refractivity contribution in [2.75, 3.05) is 16.9 Å². The molecule has 10 heteroatoms. The van der Waals surface area contributed by atoms with E-state index in [0.717, 1.165) is 12.1 Å². The van der Waals surface area contributed by atoms with Crippen LogP contribution in [0.1, 0.15) is 0 Å². The van der Waals surface area contributed by atoms with E-state index in [4.69, 9.17) is 16.3 Å². The first-order valence-electron chi connectivity index (χ1n) is 7.15. The van der Waals surface area contributed by atoms with Crippen LogP contribution >= 0.6 is 11.6 Å². The number of carbonyl (C=O) groups is 3. The van der Waals surface area contributed by atoms with Gasteiger partial charge in [0.2, 0.25) is 0 Å². The Hall–Kier alpha value is -3.46. The molecule has 9 nitrogen and oxygen atoms in total. The predicted octanol–water partition coefficient (Wildman–Crippen LogP) is 2.76. The summed E-state index contributed by atoms with van der Waals surface area (Å²) in [6, 6.07) is 8.28. The number of nitro groups is 1. The van der Waals surface area contributed by atoms with Crippen LogP contribution in [0.3, 0.4) is 0 Å². The molecule has 0 radical (unpaired) electrons. The molecule has 1 aliphatic heterocycles. The molecule has 0 atom stereocenters. The van der Waals surface area contributed by atoms with Gasteiger partial charge in [-0.3, -0.25) is 19.7 Å². The van der Waals surface area contributed by atoms with Gasteiger partial charge in [0, 0.05) is 11.1 Å². The Kier molecular flexibility index (Phi) is 4.31. The molecule has 0 aromatic heterocycles. The zero-order valence-electron chi connectivity index (χ0n) is 13.2. The molecule has 0 spiro atoms. The van der Waals surface area contributed by atoms with Crippen molar-refractivity contribution in [3.05, 3.63) is 57.6 Å². The van der Waals surface area contributed by atoms with Crippen LogP contribution in [0.5, 0.6) is 5.75 Å². The third-order valence-corrected chi connectivity index (χ3v) is 3.89. The van der Waals surface area contributed by atoms with E-state index in [2.05, 4.69) is 0 Å².